The summed E-state index contributed by atoms with van der Waals surface area (Å²) in [5, 5.41) is 11.8. The van der Waals surface area contributed by atoms with Gasteiger partial charge in [0.1, 0.15) is 0 Å². The molecule has 0 bridgehead atoms. The van der Waals surface area contributed by atoms with E-state index in [0.29, 0.717) is 25.3 Å². The van der Waals surface area contributed by atoms with Gasteiger partial charge in [-0.05, 0) is 24.6 Å². The molecule has 2 atom stereocenters. The number of halogens is 2. The summed E-state index contributed by atoms with van der Waals surface area (Å²) >= 11 is 0. The normalized spacial score (nSPS) is 20.2. The molecule has 21 heavy (non-hydrogen) atoms. The minimum atomic E-state index is -0.944. The Morgan fingerprint density at radius 1 is 1.52 bits per heavy atom. The summed E-state index contributed by atoms with van der Waals surface area (Å²) in [5.74, 6) is -1.86. The molecule has 2 N–H and O–H groups in total. The first-order chi connectivity index (χ1) is 10.0. The molecule has 116 valence electrons. The van der Waals surface area contributed by atoms with Crippen LogP contribution in [0, 0.1) is 11.6 Å². The van der Waals surface area contributed by atoms with Crippen molar-refractivity contribution in [2.45, 2.75) is 19.1 Å². The van der Waals surface area contributed by atoms with Crippen molar-refractivity contribution in [2.24, 2.45) is 0 Å². The van der Waals surface area contributed by atoms with Crippen LogP contribution in [0.2, 0.25) is 0 Å². The molecule has 0 aliphatic carbocycles. The lowest BCUT2D eigenvalue weighted by Gasteiger charge is -2.33. The van der Waals surface area contributed by atoms with Crippen LogP contribution in [0.25, 0.3) is 0 Å². The molecule has 0 saturated carbocycles. The first kappa shape index (κ1) is 15.7. The van der Waals surface area contributed by atoms with Gasteiger partial charge >= 0.3 is 6.03 Å². The summed E-state index contributed by atoms with van der Waals surface area (Å²) in [6.45, 7) is 2.62. The van der Waals surface area contributed by atoms with Gasteiger partial charge in [-0.2, -0.15) is 0 Å². The van der Waals surface area contributed by atoms with Crippen molar-refractivity contribution in [2.75, 3.05) is 26.3 Å². The van der Waals surface area contributed by atoms with E-state index in [1.165, 1.54) is 11.0 Å². The van der Waals surface area contributed by atoms with Crippen molar-refractivity contribution >= 4 is 6.03 Å². The Labute approximate surface area is 121 Å². The van der Waals surface area contributed by atoms with Crippen molar-refractivity contribution < 1.29 is 23.4 Å². The third-order valence-corrected chi connectivity index (χ3v) is 3.41. The highest BCUT2D eigenvalue weighted by atomic mass is 19.2. The SMILES string of the molecule is C[C@H](NC(=O)N1CCO[C@@H](CO)C1)c1ccc(F)c(F)c1. The van der Waals surface area contributed by atoms with E-state index in [0.717, 1.165) is 12.1 Å². The van der Waals surface area contributed by atoms with Gasteiger partial charge in [-0.3, -0.25) is 0 Å². The molecule has 1 aliphatic heterocycles. The Morgan fingerprint density at radius 2 is 2.29 bits per heavy atom. The van der Waals surface area contributed by atoms with Gasteiger partial charge in [0.2, 0.25) is 0 Å². The lowest BCUT2D eigenvalue weighted by molar-refractivity contribution is -0.0404. The van der Waals surface area contributed by atoms with Gasteiger partial charge in [-0.15, -0.1) is 0 Å². The third-order valence-electron chi connectivity index (χ3n) is 3.41. The summed E-state index contributed by atoms with van der Waals surface area (Å²) in [6, 6.07) is 2.75. The van der Waals surface area contributed by atoms with Gasteiger partial charge in [0.15, 0.2) is 11.6 Å². The van der Waals surface area contributed by atoms with Crippen LogP contribution in [-0.4, -0.2) is 48.4 Å². The van der Waals surface area contributed by atoms with Crippen LogP contribution in [0.1, 0.15) is 18.5 Å². The monoisotopic (exact) mass is 300 g/mol. The fourth-order valence-electron chi connectivity index (χ4n) is 2.16. The first-order valence-electron chi connectivity index (χ1n) is 6.74. The third kappa shape index (κ3) is 3.89. The minimum absolute atomic E-state index is 0.150. The molecule has 5 nitrogen and oxygen atoms in total. The van der Waals surface area contributed by atoms with E-state index >= 15 is 0 Å². The highest BCUT2D eigenvalue weighted by molar-refractivity contribution is 5.74. The van der Waals surface area contributed by atoms with Crippen LogP contribution in [0.4, 0.5) is 13.6 Å². The fourth-order valence-corrected chi connectivity index (χ4v) is 2.16. The molecule has 0 aromatic heterocycles. The number of carbonyl (C=O) groups excluding carboxylic acids is 1. The fraction of sp³-hybridized carbons (Fsp3) is 0.500. The molecule has 1 fully saturated rings. The van der Waals surface area contributed by atoms with E-state index in [-0.39, 0.29) is 18.7 Å². The zero-order valence-corrected chi connectivity index (χ0v) is 11.7. The maximum atomic E-state index is 13.2. The van der Waals surface area contributed by atoms with Gasteiger partial charge in [0.05, 0.1) is 31.9 Å². The number of nitrogens with one attached hydrogen (secondary N) is 1. The van der Waals surface area contributed by atoms with Gasteiger partial charge in [0, 0.05) is 6.54 Å². The average molecular weight is 300 g/mol. The van der Waals surface area contributed by atoms with E-state index < -0.39 is 17.7 Å². The van der Waals surface area contributed by atoms with Crippen molar-refractivity contribution in [3.63, 3.8) is 0 Å². The van der Waals surface area contributed by atoms with Crippen LogP contribution in [0.15, 0.2) is 18.2 Å². The van der Waals surface area contributed by atoms with E-state index in [1.807, 2.05) is 0 Å². The molecule has 2 amide bonds. The van der Waals surface area contributed by atoms with E-state index in [9.17, 15) is 13.6 Å². The molecule has 0 unspecified atom stereocenters. The van der Waals surface area contributed by atoms with Crippen LogP contribution in [0.5, 0.6) is 0 Å². The number of rotatable bonds is 3. The number of benzene rings is 1. The number of hydrogen-bond donors (Lipinski definition) is 2. The van der Waals surface area contributed by atoms with Crippen LogP contribution in [-0.2, 0) is 4.74 Å². The summed E-state index contributed by atoms with van der Waals surface area (Å²) in [4.78, 5) is 13.6. The molecule has 1 saturated heterocycles. The number of aliphatic hydroxyl groups excluding tert-OH is 1. The molecular weight excluding hydrogens is 282 g/mol. The standard InChI is InChI=1S/C14H18F2N2O3/c1-9(10-2-3-12(15)13(16)6-10)17-14(20)18-4-5-21-11(7-18)8-19/h2-3,6,9,11,19H,4-5,7-8H2,1H3,(H,17,20)/t9-,11+/m0/s1. The van der Waals surface area contributed by atoms with Crippen LogP contribution >= 0.6 is 0 Å². The summed E-state index contributed by atoms with van der Waals surface area (Å²) in [6.07, 6.45) is -0.386. The number of hydrogen-bond acceptors (Lipinski definition) is 3. The maximum absolute atomic E-state index is 13.2. The Morgan fingerprint density at radius 3 is 2.95 bits per heavy atom. The summed E-state index contributed by atoms with van der Waals surface area (Å²) in [7, 11) is 0. The molecule has 0 spiro atoms. The molecular formula is C14H18F2N2O3. The quantitative estimate of drug-likeness (QED) is 0.887. The topological polar surface area (TPSA) is 61.8 Å². The molecule has 7 heteroatoms. The molecule has 1 aromatic rings. The average Bonchev–Trinajstić information content (AvgIpc) is 2.49. The second-order valence-corrected chi connectivity index (χ2v) is 4.97. The lowest BCUT2D eigenvalue weighted by atomic mass is 10.1. The molecule has 1 heterocycles. The highest BCUT2D eigenvalue weighted by Gasteiger charge is 2.24. The van der Waals surface area contributed by atoms with Crippen molar-refractivity contribution in [1.29, 1.82) is 0 Å². The molecule has 2 rings (SSSR count). The van der Waals surface area contributed by atoms with Crippen molar-refractivity contribution in [3.8, 4) is 0 Å². The number of aliphatic hydroxyl groups is 1. The number of nitrogens with zero attached hydrogens (tertiary/aromatic N) is 1. The summed E-state index contributed by atoms with van der Waals surface area (Å²) in [5.41, 5.74) is 0.481. The van der Waals surface area contributed by atoms with E-state index in [1.54, 1.807) is 6.92 Å². The Kier molecular flexibility index (Phi) is 5.08. The largest absolute Gasteiger partial charge is 0.394 e. The van der Waals surface area contributed by atoms with Crippen LogP contribution < -0.4 is 5.32 Å². The Bertz CT molecular complexity index is 513. The first-order valence-corrected chi connectivity index (χ1v) is 6.74. The zero-order chi connectivity index (χ0) is 15.4. The number of carbonyl (C=O) groups is 1. The van der Waals surface area contributed by atoms with Gasteiger partial charge in [0.25, 0.3) is 0 Å². The van der Waals surface area contributed by atoms with E-state index in [4.69, 9.17) is 9.84 Å². The maximum Gasteiger partial charge on any atom is 0.318 e. The Balaban J connectivity index is 1.96. The number of morpholine rings is 1. The van der Waals surface area contributed by atoms with E-state index in [2.05, 4.69) is 5.32 Å². The second kappa shape index (κ2) is 6.82. The van der Waals surface area contributed by atoms with Gasteiger partial charge in [-0.1, -0.05) is 6.07 Å². The molecule has 1 aliphatic rings. The lowest BCUT2D eigenvalue weighted by Crippen LogP contribution is -2.50. The minimum Gasteiger partial charge on any atom is -0.394 e. The smallest absolute Gasteiger partial charge is 0.318 e. The summed E-state index contributed by atoms with van der Waals surface area (Å²) < 4.78 is 31.3. The number of ether oxygens (including phenoxy) is 1. The number of amides is 2. The highest BCUT2D eigenvalue weighted by Crippen LogP contribution is 2.16. The molecule has 1 aromatic carbocycles. The second-order valence-electron chi connectivity index (χ2n) is 4.97. The van der Waals surface area contributed by atoms with Gasteiger partial charge < -0.3 is 20.1 Å². The predicted molar refractivity (Wildman–Crippen MR) is 71.7 cm³/mol. The predicted octanol–water partition coefficient (Wildman–Crippen LogP) is 1.43. The van der Waals surface area contributed by atoms with Crippen LogP contribution in [0.3, 0.4) is 0 Å². The number of urea groups is 1. The molecule has 0 radical (unpaired) electrons. The Hall–Kier alpha value is -1.73. The van der Waals surface area contributed by atoms with Gasteiger partial charge in [-0.25, -0.2) is 13.6 Å². The van der Waals surface area contributed by atoms with Crippen molar-refractivity contribution in [3.05, 3.63) is 35.4 Å². The zero-order valence-electron chi connectivity index (χ0n) is 11.7. The van der Waals surface area contributed by atoms with Crippen molar-refractivity contribution in [1.82, 2.24) is 10.2 Å².